The number of hydrogen-bond acceptors (Lipinski definition) is 2. The fraction of sp³-hybridized carbons (Fsp3) is 0. The van der Waals surface area contributed by atoms with E-state index in [4.69, 9.17) is 0 Å². The van der Waals surface area contributed by atoms with Crippen molar-refractivity contribution in [2.24, 2.45) is 0 Å². The number of hydrogen-bond donors (Lipinski definition) is 2. The van der Waals surface area contributed by atoms with Crippen LogP contribution in [0, 0.1) is 0 Å². The van der Waals surface area contributed by atoms with Gasteiger partial charge in [-0.05, 0) is 24.3 Å². The molecular weight excluding hydrogens is 178 g/mol. The zero-order valence-electron chi connectivity index (χ0n) is 7.40. The number of amides is 1. The van der Waals surface area contributed by atoms with Gasteiger partial charge >= 0.3 is 0 Å². The predicted molar refractivity (Wildman–Crippen MR) is 53.0 cm³/mol. The summed E-state index contributed by atoms with van der Waals surface area (Å²) in [6.45, 7) is 0. The lowest BCUT2D eigenvalue weighted by atomic mass is 10.3. The van der Waals surface area contributed by atoms with Crippen molar-refractivity contribution in [1.82, 2.24) is 9.97 Å². The van der Waals surface area contributed by atoms with Gasteiger partial charge in [0.2, 0.25) is 0 Å². The summed E-state index contributed by atoms with van der Waals surface area (Å²) in [5.74, 6) is 0.453. The highest BCUT2D eigenvalue weighted by molar-refractivity contribution is 6.02. The molecule has 2 rings (SSSR count). The Bertz CT molecular complexity index is 408. The highest BCUT2D eigenvalue weighted by Crippen LogP contribution is 2.03. The number of anilines is 1. The van der Waals surface area contributed by atoms with Gasteiger partial charge in [0.15, 0.2) is 0 Å². The fourth-order valence-corrected chi connectivity index (χ4v) is 1.09. The standard InChI is InChI=1S/C10H9N3O/c14-10(8-4-1-2-6-11-8)13-9-5-3-7-12-9/h1-7,12H,(H,13,14). The fourth-order valence-electron chi connectivity index (χ4n) is 1.09. The number of nitrogens with zero attached hydrogens (tertiary/aromatic N) is 1. The van der Waals surface area contributed by atoms with Gasteiger partial charge in [0.1, 0.15) is 11.5 Å². The van der Waals surface area contributed by atoms with Gasteiger partial charge in [-0.2, -0.15) is 0 Å². The molecule has 2 N–H and O–H groups in total. The number of aromatic amines is 1. The Hall–Kier alpha value is -2.10. The first kappa shape index (κ1) is 8.50. The molecule has 0 spiro atoms. The minimum Gasteiger partial charge on any atom is -0.348 e. The Balaban J connectivity index is 2.11. The second kappa shape index (κ2) is 3.74. The number of H-pyrrole nitrogens is 1. The molecule has 2 aromatic heterocycles. The first-order chi connectivity index (χ1) is 6.86. The molecule has 0 unspecified atom stereocenters. The van der Waals surface area contributed by atoms with Crippen LogP contribution in [0.2, 0.25) is 0 Å². The summed E-state index contributed by atoms with van der Waals surface area (Å²) in [6, 6.07) is 8.80. The van der Waals surface area contributed by atoms with E-state index in [1.54, 1.807) is 36.7 Å². The predicted octanol–water partition coefficient (Wildman–Crippen LogP) is 1.66. The Labute approximate surface area is 81.0 Å². The molecule has 0 aliphatic heterocycles. The quantitative estimate of drug-likeness (QED) is 0.751. The normalized spacial score (nSPS) is 9.71. The molecule has 0 atom stereocenters. The van der Waals surface area contributed by atoms with Crippen molar-refractivity contribution in [3.05, 3.63) is 48.4 Å². The Kier molecular flexibility index (Phi) is 2.27. The Morgan fingerprint density at radius 2 is 2.21 bits per heavy atom. The summed E-state index contributed by atoms with van der Waals surface area (Å²) in [5, 5.41) is 2.68. The lowest BCUT2D eigenvalue weighted by Crippen LogP contribution is -2.13. The molecule has 0 saturated carbocycles. The van der Waals surface area contributed by atoms with Crippen LogP contribution in [0.15, 0.2) is 42.7 Å². The number of nitrogens with one attached hydrogen (secondary N) is 2. The number of carbonyl (C=O) groups excluding carboxylic acids is 1. The van der Waals surface area contributed by atoms with Gasteiger partial charge in [0.05, 0.1) is 0 Å². The van der Waals surface area contributed by atoms with Gasteiger partial charge in [0, 0.05) is 12.4 Å². The number of pyridine rings is 1. The van der Waals surface area contributed by atoms with Crippen LogP contribution < -0.4 is 5.32 Å². The molecular formula is C10H9N3O. The number of rotatable bonds is 2. The zero-order chi connectivity index (χ0) is 9.80. The SMILES string of the molecule is O=C(Nc1ccc[nH]1)c1ccccn1. The van der Waals surface area contributed by atoms with Crippen molar-refractivity contribution in [2.45, 2.75) is 0 Å². The summed E-state index contributed by atoms with van der Waals surface area (Å²) < 4.78 is 0. The van der Waals surface area contributed by atoms with Crippen LogP contribution in [0.4, 0.5) is 5.82 Å². The molecule has 70 valence electrons. The average molecular weight is 187 g/mol. The first-order valence-corrected chi connectivity index (χ1v) is 4.22. The third-order valence-electron chi connectivity index (χ3n) is 1.74. The maximum atomic E-state index is 11.5. The van der Waals surface area contributed by atoms with Crippen LogP contribution in [0.5, 0.6) is 0 Å². The van der Waals surface area contributed by atoms with Gasteiger partial charge in [-0.15, -0.1) is 0 Å². The van der Waals surface area contributed by atoms with Gasteiger partial charge in [0.25, 0.3) is 5.91 Å². The lowest BCUT2D eigenvalue weighted by molar-refractivity contribution is 0.102. The maximum absolute atomic E-state index is 11.5. The van der Waals surface area contributed by atoms with Gasteiger partial charge in [-0.3, -0.25) is 9.78 Å². The summed E-state index contributed by atoms with van der Waals surface area (Å²) in [6.07, 6.45) is 3.33. The average Bonchev–Trinajstić information content (AvgIpc) is 2.72. The summed E-state index contributed by atoms with van der Waals surface area (Å²) in [5.41, 5.74) is 0.405. The van der Waals surface area contributed by atoms with E-state index >= 15 is 0 Å². The molecule has 0 fully saturated rings. The third-order valence-corrected chi connectivity index (χ3v) is 1.74. The maximum Gasteiger partial charge on any atom is 0.275 e. The third kappa shape index (κ3) is 1.80. The molecule has 2 aromatic rings. The molecule has 0 bridgehead atoms. The van der Waals surface area contributed by atoms with Crippen molar-refractivity contribution >= 4 is 11.7 Å². The molecule has 0 saturated heterocycles. The minimum atomic E-state index is -0.215. The van der Waals surface area contributed by atoms with E-state index in [1.165, 1.54) is 0 Å². The van der Waals surface area contributed by atoms with Crippen LogP contribution in [0.3, 0.4) is 0 Å². The first-order valence-electron chi connectivity index (χ1n) is 4.22. The smallest absolute Gasteiger partial charge is 0.275 e. The van der Waals surface area contributed by atoms with E-state index in [0.29, 0.717) is 11.5 Å². The largest absolute Gasteiger partial charge is 0.348 e. The van der Waals surface area contributed by atoms with Crippen LogP contribution in [0.25, 0.3) is 0 Å². The van der Waals surface area contributed by atoms with Gasteiger partial charge in [-0.1, -0.05) is 6.07 Å². The molecule has 0 aliphatic rings. The van der Waals surface area contributed by atoms with E-state index in [9.17, 15) is 4.79 Å². The highest BCUT2D eigenvalue weighted by Gasteiger charge is 2.05. The van der Waals surface area contributed by atoms with E-state index < -0.39 is 0 Å². The molecule has 2 heterocycles. The molecule has 0 aliphatic carbocycles. The number of carbonyl (C=O) groups is 1. The van der Waals surface area contributed by atoms with E-state index in [1.807, 2.05) is 6.07 Å². The molecule has 14 heavy (non-hydrogen) atoms. The summed E-state index contributed by atoms with van der Waals surface area (Å²) in [7, 11) is 0. The molecule has 4 heteroatoms. The van der Waals surface area contributed by atoms with Crippen LogP contribution >= 0.6 is 0 Å². The monoisotopic (exact) mass is 187 g/mol. The Morgan fingerprint density at radius 1 is 1.29 bits per heavy atom. The van der Waals surface area contributed by atoms with Crippen LogP contribution in [0.1, 0.15) is 10.5 Å². The van der Waals surface area contributed by atoms with Crippen molar-refractivity contribution in [1.29, 1.82) is 0 Å². The zero-order valence-corrected chi connectivity index (χ0v) is 7.40. The molecule has 0 radical (unpaired) electrons. The van der Waals surface area contributed by atoms with Gasteiger partial charge in [-0.25, -0.2) is 0 Å². The Morgan fingerprint density at radius 3 is 2.86 bits per heavy atom. The number of aromatic nitrogens is 2. The topological polar surface area (TPSA) is 57.8 Å². The van der Waals surface area contributed by atoms with Crippen molar-refractivity contribution in [3.8, 4) is 0 Å². The lowest BCUT2D eigenvalue weighted by Gasteiger charge is -2.00. The van der Waals surface area contributed by atoms with Gasteiger partial charge < -0.3 is 10.3 Å². The second-order valence-electron chi connectivity index (χ2n) is 2.75. The van der Waals surface area contributed by atoms with Crippen LogP contribution in [-0.2, 0) is 0 Å². The summed E-state index contributed by atoms with van der Waals surface area (Å²) >= 11 is 0. The van der Waals surface area contributed by atoms with Crippen molar-refractivity contribution in [3.63, 3.8) is 0 Å². The molecule has 0 aromatic carbocycles. The minimum absolute atomic E-state index is 0.215. The van der Waals surface area contributed by atoms with E-state index in [2.05, 4.69) is 15.3 Å². The van der Waals surface area contributed by atoms with Crippen molar-refractivity contribution in [2.75, 3.05) is 5.32 Å². The summed E-state index contributed by atoms with van der Waals surface area (Å²) in [4.78, 5) is 18.3. The van der Waals surface area contributed by atoms with E-state index in [0.717, 1.165) is 0 Å². The van der Waals surface area contributed by atoms with E-state index in [-0.39, 0.29) is 5.91 Å². The second-order valence-corrected chi connectivity index (χ2v) is 2.75. The van der Waals surface area contributed by atoms with Crippen LogP contribution in [-0.4, -0.2) is 15.9 Å². The molecule has 1 amide bonds. The highest BCUT2D eigenvalue weighted by atomic mass is 16.1. The van der Waals surface area contributed by atoms with Crippen molar-refractivity contribution < 1.29 is 4.79 Å². The molecule has 4 nitrogen and oxygen atoms in total.